The van der Waals surface area contributed by atoms with Gasteiger partial charge in [-0.3, -0.25) is 9.59 Å². The van der Waals surface area contributed by atoms with Crippen molar-refractivity contribution in [3.8, 4) is 0 Å². The molecule has 1 atom stereocenters. The Labute approximate surface area is 142 Å². The Morgan fingerprint density at radius 1 is 1.25 bits per heavy atom. The average molecular weight is 359 g/mol. The number of furan rings is 1. The van der Waals surface area contributed by atoms with Gasteiger partial charge in [0.15, 0.2) is 5.76 Å². The summed E-state index contributed by atoms with van der Waals surface area (Å²) in [5.41, 5.74) is -0.681. The molecule has 3 N–H and O–H groups in total. The molecule has 0 aliphatic rings. The zero-order valence-electron chi connectivity index (χ0n) is 14.6. The monoisotopic (exact) mass is 359 g/mol. The molecule has 0 aliphatic heterocycles. The molecule has 0 saturated heterocycles. The van der Waals surface area contributed by atoms with E-state index in [2.05, 4.69) is 15.4 Å². The van der Waals surface area contributed by atoms with Crippen molar-refractivity contribution in [1.29, 1.82) is 0 Å². The summed E-state index contributed by atoms with van der Waals surface area (Å²) in [4.78, 5) is 23.8. The fourth-order valence-corrected chi connectivity index (χ4v) is 3.13. The second kappa shape index (κ2) is 7.80. The van der Waals surface area contributed by atoms with Gasteiger partial charge in [0.1, 0.15) is 6.04 Å². The lowest BCUT2D eigenvalue weighted by Crippen LogP contribution is -2.44. The first-order valence-corrected chi connectivity index (χ1v) is 9.17. The molecular formula is C15H25N3O5S. The summed E-state index contributed by atoms with van der Waals surface area (Å²) >= 11 is 0. The topological polar surface area (TPSA) is 118 Å². The van der Waals surface area contributed by atoms with Crippen LogP contribution in [0.25, 0.3) is 0 Å². The molecule has 0 aromatic carbocycles. The summed E-state index contributed by atoms with van der Waals surface area (Å²) in [7, 11) is -3.86. The van der Waals surface area contributed by atoms with Crippen LogP contribution >= 0.6 is 0 Å². The highest BCUT2D eigenvalue weighted by atomic mass is 32.2. The van der Waals surface area contributed by atoms with Gasteiger partial charge >= 0.3 is 0 Å². The molecule has 24 heavy (non-hydrogen) atoms. The van der Waals surface area contributed by atoms with Gasteiger partial charge in [0, 0.05) is 12.1 Å². The summed E-state index contributed by atoms with van der Waals surface area (Å²) in [5.74, 6) is -1.16. The minimum atomic E-state index is -3.86. The highest BCUT2D eigenvalue weighted by molar-refractivity contribution is 7.89. The molecule has 0 spiro atoms. The second-order valence-corrected chi connectivity index (χ2v) is 8.07. The highest BCUT2D eigenvalue weighted by Crippen LogP contribution is 2.16. The van der Waals surface area contributed by atoms with Crippen LogP contribution in [0.5, 0.6) is 0 Å². The minimum Gasteiger partial charge on any atom is -0.438 e. The maximum atomic E-state index is 12.1. The number of carbonyl (C=O) groups is 2. The molecule has 1 heterocycles. The maximum Gasteiger partial charge on any atom is 0.287 e. The normalized spacial score (nSPS) is 13.4. The van der Waals surface area contributed by atoms with Crippen LogP contribution in [0.3, 0.4) is 0 Å². The van der Waals surface area contributed by atoms with Crippen molar-refractivity contribution >= 4 is 21.8 Å². The van der Waals surface area contributed by atoms with E-state index in [1.165, 1.54) is 19.1 Å². The minimum absolute atomic E-state index is 0.181. The predicted molar refractivity (Wildman–Crippen MR) is 89.0 cm³/mol. The van der Waals surface area contributed by atoms with Gasteiger partial charge in [-0.25, -0.2) is 13.1 Å². The van der Waals surface area contributed by atoms with Crippen molar-refractivity contribution < 1.29 is 22.4 Å². The van der Waals surface area contributed by atoms with Crippen LogP contribution in [0, 0.1) is 0 Å². The molecule has 0 aliphatic carbocycles. The van der Waals surface area contributed by atoms with Gasteiger partial charge in [0.25, 0.3) is 15.9 Å². The summed E-state index contributed by atoms with van der Waals surface area (Å²) in [6.07, 6.45) is 0.784. The number of hydrogen-bond donors (Lipinski definition) is 3. The van der Waals surface area contributed by atoms with E-state index in [-0.39, 0.29) is 16.8 Å². The largest absolute Gasteiger partial charge is 0.438 e. The lowest BCUT2D eigenvalue weighted by molar-refractivity contribution is -0.122. The lowest BCUT2D eigenvalue weighted by Gasteiger charge is -2.19. The van der Waals surface area contributed by atoms with Crippen LogP contribution < -0.4 is 15.4 Å². The molecule has 8 nitrogen and oxygen atoms in total. The highest BCUT2D eigenvalue weighted by Gasteiger charge is 2.26. The van der Waals surface area contributed by atoms with Gasteiger partial charge in [-0.1, -0.05) is 6.92 Å². The molecule has 0 radical (unpaired) electrons. The second-order valence-electron chi connectivity index (χ2n) is 6.46. The molecule has 0 saturated carbocycles. The smallest absolute Gasteiger partial charge is 0.287 e. The lowest BCUT2D eigenvalue weighted by atomic mass is 10.1. The fraction of sp³-hybridized carbons (Fsp3) is 0.600. The van der Waals surface area contributed by atoms with E-state index in [1.54, 1.807) is 20.8 Å². The zero-order chi connectivity index (χ0) is 18.5. The Morgan fingerprint density at radius 2 is 1.88 bits per heavy atom. The molecule has 9 heteroatoms. The zero-order valence-corrected chi connectivity index (χ0v) is 15.4. The molecule has 1 unspecified atom stereocenters. The van der Waals surface area contributed by atoms with Crippen LogP contribution in [0.15, 0.2) is 21.6 Å². The van der Waals surface area contributed by atoms with E-state index >= 15 is 0 Å². The van der Waals surface area contributed by atoms with Crippen LogP contribution in [0.2, 0.25) is 0 Å². The van der Waals surface area contributed by atoms with Crippen molar-refractivity contribution in [1.82, 2.24) is 15.4 Å². The van der Waals surface area contributed by atoms with E-state index in [4.69, 9.17) is 4.42 Å². The van der Waals surface area contributed by atoms with Crippen molar-refractivity contribution in [2.75, 3.05) is 6.54 Å². The van der Waals surface area contributed by atoms with Gasteiger partial charge in [0.2, 0.25) is 11.0 Å². The third-order valence-corrected chi connectivity index (χ3v) is 4.43. The van der Waals surface area contributed by atoms with E-state index in [1.807, 2.05) is 6.92 Å². The first-order valence-electron chi connectivity index (χ1n) is 7.68. The summed E-state index contributed by atoms with van der Waals surface area (Å²) in [5, 5.41) is 4.76. The van der Waals surface area contributed by atoms with Crippen molar-refractivity contribution in [3.05, 3.63) is 17.9 Å². The third kappa shape index (κ3) is 5.97. The summed E-state index contributed by atoms with van der Waals surface area (Å²) < 4.78 is 31.8. The SMILES string of the molecule is CCCNC(=O)C(C)NC(=O)c1ccc(S(=O)(=O)NC(C)(C)C)o1. The number of sulfonamides is 1. The first kappa shape index (κ1) is 20.2. The maximum absolute atomic E-state index is 12.1. The van der Waals surface area contributed by atoms with E-state index < -0.39 is 27.5 Å². The van der Waals surface area contributed by atoms with Gasteiger partial charge in [0.05, 0.1) is 0 Å². The summed E-state index contributed by atoms with van der Waals surface area (Å²) in [6.45, 7) is 9.04. The first-order chi connectivity index (χ1) is 11.0. The van der Waals surface area contributed by atoms with E-state index in [0.717, 1.165) is 6.42 Å². The molecule has 136 valence electrons. The number of amides is 2. The molecule has 0 bridgehead atoms. The van der Waals surface area contributed by atoms with Crippen LogP contribution in [0.4, 0.5) is 0 Å². The quantitative estimate of drug-likeness (QED) is 0.671. The van der Waals surface area contributed by atoms with Gasteiger partial charge < -0.3 is 15.1 Å². The van der Waals surface area contributed by atoms with Crippen molar-refractivity contribution in [2.45, 2.75) is 57.7 Å². The van der Waals surface area contributed by atoms with E-state index in [0.29, 0.717) is 6.54 Å². The molecule has 1 aromatic rings. The standard InChI is InChI=1S/C15H25N3O5S/c1-6-9-16-13(19)10(2)17-14(20)11-7-8-12(23-11)24(21,22)18-15(3,4)5/h7-8,10,18H,6,9H2,1-5H3,(H,16,19)(H,17,20). The van der Waals surface area contributed by atoms with Gasteiger partial charge in [-0.15, -0.1) is 0 Å². The van der Waals surface area contributed by atoms with E-state index in [9.17, 15) is 18.0 Å². The Balaban J connectivity index is 2.78. The number of rotatable bonds is 7. The summed E-state index contributed by atoms with van der Waals surface area (Å²) in [6, 6.07) is 1.69. The number of nitrogens with one attached hydrogen (secondary N) is 3. The average Bonchev–Trinajstić information content (AvgIpc) is 2.92. The fourth-order valence-electron chi connectivity index (χ4n) is 1.77. The van der Waals surface area contributed by atoms with Crippen molar-refractivity contribution in [2.24, 2.45) is 0 Å². The third-order valence-electron chi connectivity index (χ3n) is 2.80. The Hall–Kier alpha value is -1.87. The van der Waals surface area contributed by atoms with Crippen molar-refractivity contribution in [3.63, 3.8) is 0 Å². The molecule has 1 rings (SSSR count). The molecule has 2 amide bonds. The molecule has 0 fully saturated rings. The van der Waals surface area contributed by atoms with Gasteiger partial charge in [-0.05, 0) is 46.2 Å². The van der Waals surface area contributed by atoms with Crippen LogP contribution in [-0.2, 0) is 14.8 Å². The van der Waals surface area contributed by atoms with Gasteiger partial charge in [-0.2, -0.15) is 0 Å². The molecular weight excluding hydrogens is 334 g/mol. The number of carbonyl (C=O) groups excluding carboxylic acids is 2. The van der Waals surface area contributed by atoms with Crippen LogP contribution in [0.1, 0.15) is 51.6 Å². The number of hydrogen-bond acceptors (Lipinski definition) is 5. The molecule has 1 aromatic heterocycles. The Morgan fingerprint density at radius 3 is 2.42 bits per heavy atom. The predicted octanol–water partition coefficient (Wildman–Crippen LogP) is 1.00. The Kier molecular flexibility index (Phi) is 6.56. The Bertz CT molecular complexity index is 688. The van der Waals surface area contributed by atoms with Crippen LogP contribution in [-0.4, -0.2) is 38.4 Å².